The van der Waals surface area contributed by atoms with Gasteiger partial charge in [0.1, 0.15) is 5.60 Å². The minimum Gasteiger partial charge on any atom is -0.466 e. The van der Waals surface area contributed by atoms with Gasteiger partial charge in [0.15, 0.2) is 0 Å². The molecule has 9 nitrogen and oxygen atoms in total. The Morgan fingerprint density at radius 3 is 2.53 bits per heavy atom. The van der Waals surface area contributed by atoms with E-state index < -0.39 is 23.3 Å². The number of hydrogen-bond donors (Lipinski definition) is 1. The van der Waals surface area contributed by atoms with Gasteiger partial charge in [0.25, 0.3) is 0 Å². The van der Waals surface area contributed by atoms with E-state index in [9.17, 15) is 14.4 Å². The highest BCUT2D eigenvalue weighted by Crippen LogP contribution is 2.51. The lowest BCUT2D eigenvalue weighted by molar-refractivity contribution is -0.145. The average Bonchev–Trinajstić information content (AvgIpc) is 3.56. The molecular weight excluding hydrogens is 436 g/mol. The van der Waals surface area contributed by atoms with E-state index in [4.69, 9.17) is 14.5 Å². The molecule has 0 bridgehead atoms. The quantitative estimate of drug-likeness (QED) is 0.601. The first-order valence-corrected chi connectivity index (χ1v) is 12.0. The van der Waals surface area contributed by atoms with Crippen molar-refractivity contribution >= 4 is 23.9 Å². The Kier molecular flexibility index (Phi) is 7.63. The molecule has 0 spiro atoms. The van der Waals surface area contributed by atoms with E-state index in [1.807, 2.05) is 19.9 Å². The summed E-state index contributed by atoms with van der Waals surface area (Å²) in [6.45, 7) is 11.3. The number of nitrogens with zero attached hydrogens (tertiary/aromatic N) is 3. The molecule has 3 atom stereocenters. The molecule has 1 fully saturated rings. The highest BCUT2D eigenvalue weighted by Gasteiger charge is 2.54. The number of carbonyl (C=O) groups is 3. The van der Waals surface area contributed by atoms with Crippen LogP contribution in [-0.2, 0) is 19.1 Å². The van der Waals surface area contributed by atoms with Crippen LogP contribution in [0.5, 0.6) is 0 Å². The van der Waals surface area contributed by atoms with Crippen LogP contribution in [0, 0.1) is 11.8 Å². The zero-order valence-corrected chi connectivity index (χ0v) is 21.0. The fourth-order valence-electron chi connectivity index (χ4n) is 4.45. The van der Waals surface area contributed by atoms with Crippen LogP contribution < -0.4 is 5.32 Å². The smallest absolute Gasteiger partial charge is 0.414 e. The predicted octanol–water partition coefficient (Wildman–Crippen LogP) is 3.99. The van der Waals surface area contributed by atoms with Crippen molar-refractivity contribution < 1.29 is 23.9 Å². The molecule has 0 radical (unpaired) electrons. The Balaban J connectivity index is 2.03. The van der Waals surface area contributed by atoms with Crippen molar-refractivity contribution in [3.8, 4) is 0 Å². The van der Waals surface area contributed by atoms with Crippen molar-refractivity contribution in [2.45, 2.75) is 84.4 Å². The summed E-state index contributed by atoms with van der Waals surface area (Å²) >= 11 is 0. The molecule has 1 aromatic heterocycles. The minimum absolute atomic E-state index is 0.151. The number of nitrogens with one attached hydrogen (secondary N) is 1. The molecule has 3 rings (SSSR count). The number of pyridine rings is 1. The number of aromatic nitrogens is 1. The van der Waals surface area contributed by atoms with Crippen LogP contribution in [-0.4, -0.2) is 51.6 Å². The van der Waals surface area contributed by atoms with Gasteiger partial charge in [-0.3, -0.25) is 24.8 Å². The third-order valence-corrected chi connectivity index (χ3v) is 6.39. The van der Waals surface area contributed by atoms with Crippen molar-refractivity contribution in [1.29, 1.82) is 0 Å². The van der Waals surface area contributed by atoms with E-state index >= 15 is 0 Å². The largest absolute Gasteiger partial charge is 0.466 e. The third-order valence-electron chi connectivity index (χ3n) is 6.39. The SMILES string of the molecule is CCOC(=O)[C@H]1C[C@@H]1C(c1cccnc1)N1C(=O)CC(CC)(CC)N=C1NC(=O)OC(C)(C)C. The molecule has 34 heavy (non-hydrogen) atoms. The van der Waals surface area contributed by atoms with Gasteiger partial charge >= 0.3 is 12.1 Å². The summed E-state index contributed by atoms with van der Waals surface area (Å²) in [6, 6.07) is 3.15. The minimum atomic E-state index is -0.713. The molecule has 9 heteroatoms. The molecule has 1 N–H and O–H groups in total. The molecule has 0 saturated heterocycles. The van der Waals surface area contributed by atoms with Crippen LogP contribution in [0.4, 0.5) is 4.79 Å². The van der Waals surface area contributed by atoms with Crippen LogP contribution in [0.2, 0.25) is 0 Å². The molecular formula is C25H36N4O5. The first-order chi connectivity index (χ1) is 16.0. The third kappa shape index (κ3) is 5.74. The van der Waals surface area contributed by atoms with Gasteiger partial charge in [-0.15, -0.1) is 0 Å². The van der Waals surface area contributed by atoms with Crippen molar-refractivity contribution in [2.24, 2.45) is 16.8 Å². The summed E-state index contributed by atoms with van der Waals surface area (Å²) in [7, 11) is 0. The second-order valence-electron chi connectivity index (χ2n) is 9.92. The number of amides is 2. The molecule has 1 aliphatic carbocycles. The number of carbonyl (C=O) groups excluding carboxylic acids is 3. The van der Waals surface area contributed by atoms with Crippen LogP contribution in [0.25, 0.3) is 0 Å². The molecule has 1 unspecified atom stereocenters. The Bertz CT molecular complexity index is 936. The van der Waals surface area contributed by atoms with Crippen LogP contribution in [0.3, 0.4) is 0 Å². The number of guanidine groups is 1. The van der Waals surface area contributed by atoms with Crippen LogP contribution in [0.1, 0.15) is 78.8 Å². The monoisotopic (exact) mass is 472 g/mol. The summed E-state index contributed by atoms with van der Waals surface area (Å²) in [5.74, 6) is -0.787. The molecule has 0 aromatic carbocycles. The fourth-order valence-corrected chi connectivity index (χ4v) is 4.45. The lowest BCUT2D eigenvalue weighted by atomic mass is 9.87. The number of hydrogen-bond acceptors (Lipinski definition) is 7. The molecule has 1 aliphatic heterocycles. The summed E-state index contributed by atoms with van der Waals surface area (Å²) in [4.78, 5) is 49.5. The molecule has 1 saturated carbocycles. The molecule has 1 aromatic rings. The van der Waals surface area contributed by atoms with Crippen molar-refractivity contribution in [1.82, 2.24) is 15.2 Å². The van der Waals surface area contributed by atoms with E-state index in [1.54, 1.807) is 46.2 Å². The topological polar surface area (TPSA) is 110 Å². The average molecular weight is 473 g/mol. The van der Waals surface area contributed by atoms with Gasteiger partial charge in [0.2, 0.25) is 11.9 Å². The van der Waals surface area contributed by atoms with Crippen molar-refractivity contribution in [2.75, 3.05) is 6.61 Å². The van der Waals surface area contributed by atoms with Gasteiger partial charge in [-0.1, -0.05) is 19.9 Å². The highest BCUT2D eigenvalue weighted by molar-refractivity contribution is 6.05. The fraction of sp³-hybridized carbons (Fsp3) is 0.640. The lowest BCUT2D eigenvalue weighted by Crippen LogP contribution is -2.56. The maximum absolute atomic E-state index is 13.7. The summed E-state index contributed by atoms with van der Waals surface area (Å²) in [5, 5.41) is 2.74. The van der Waals surface area contributed by atoms with E-state index in [2.05, 4.69) is 10.3 Å². The summed E-state index contributed by atoms with van der Waals surface area (Å²) in [5.41, 5.74) is -0.553. The van der Waals surface area contributed by atoms with Crippen molar-refractivity contribution in [3.63, 3.8) is 0 Å². The normalized spacial score (nSPS) is 22.5. The van der Waals surface area contributed by atoms with Gasteiger partial charge in [-0.25, -0.2) is 9.79 Å². The first-order valence-electron chi connectivity index (χ1n) is 12.0. The Morgan fingerprint density at radius 2 is 1.97 bits per heavy atom. The number of alkyl carbamates (subject to hydrolysis) is 1. The zero-order chi connectivity index (χ0) is 25.1. The number of esters is 1. The maximum Gasteiger partial charge on any atom is 0.414 e. The Morgan fingerprint density at radius 1 is 1.26 bits per heavy atom. The number of aliphatic imine (C=N–C) groups is 1. The van der Waals surface area contributed by atoms with Gasteiger partial charge in [0, 0.05) is 12.4 Å². The van der Waals surface area contributed by atoms with Crippen LogP contribution in [0.15, 0.2) is 29.5 Å². The zero-order valence-electron chi connectivity index (χ0n) is 21.0. The van der Waals surface area contributed by atoms with E-state index in [0.717, 1.165) is 5.56 Å². The highest BCUT2D eigenvalue weighted by atomic mass is 16.6. The van der Waals surface area contributed by atoms with Gasteiger partial charge in [-0.2, -0.15) is 0 Å². The standard InChI is InChI=1S/C25H36N4O5/c1-7-25(8-2)14-19(30)29(22(28-25)27-23(32)34-24(4,5)6)20(16-11-10-12-26-15-16)17-13-18(17)21(31)33-9-3/h10-12,15,17-18,20H,7-9,13-14H2,1-6H3,(H,27,28,32)/t17-,18-,20?/m0/s1. The predicted molar refractivity (Wildman–Crippen MR) is 127 cm³/mol. The molecule has 186 valence electrons. The maximum atomic E-state index is 13.7. The number of rotatable bonds is 7. The molecule has 2 amide bonds. The van der Waals surface area contributed by atoms with Gasteiger partial charge in [0.05, 0.1) is 30.5 Å². The summed E-state index contributed by atoms with van der Waals surface area (Å²) < 4.78 is 10.7. The Labute approximate surface area is 201 Å². The second-order valence-corrected chi connectivity index (χ2v) is 9.92. The van der Waals surface area contributed by atoms with E-state index in [0.29, 0.717) is 25.9 Å². The van der Waals surface area contributed by atoms with Crippen molar-refractivity contribution in [3.05, 3.63) is 30.1 Å². The molecule has 2 heterocycles. The molecule has 2 aliphatic rings. The number of ether oxygens (including phenoxy) is 2. The van der Waals surface area contributed by atoms with Gasteiger partial charge in [-0.05, 0) is 64.5 Å². The van der Waals surface area contributed by atoms with E-state index in [-0.39, 0.29) is 36.1 Å². The second kappa shape index (κ2) is 10.1. The van der Waals surface area contributed by atoms with Crippen LogP contribution >= 0.6 is 0 Å². The van der Waals surface area contributed by atoms with Gasteiger partial charge < -0.3 is 9.47 Å². The van der Waals surface area contributed by atoms with E-state index in [1.165, 1.54) is 4.90 Å². The first kappa shape index (κ1) is 25.6. The lowest BCUT2D eigenvalue weighted by Gasteiger charge is -2.41. The summed E-state index contributed by atoms with van der Waals surface area (Å²) in [6.07, 6.45) is 4.74. The Hall–Kier alpha value is -2.97.